The molecule has 1 amide bonds. The van der Waals surface area contributed by atoms with E-state index >= 15 is 0 Å². The molecule has 3 N–H and O–H groups in total. The molecule has 0 aliphatic rings. The first-order chi connectivity index (χ1) is 8.72. The molecule has 18 heavy (non-hydrogen) atoms. The fourth-order valence-corrected chi connectivity index (χ4v) is 2.67. The Morgan fingerprint density at radius 1 is 1.33 bits per heavy atom. The Kier molecular flexibility index (Phi) is 4.07. The van der Waals surface area contributed by atoms with Crippen LogP contribution >= 0.6 is 11.8 Å². The summed E-state index contributed by atoms with van der Waals surface area (Å²) in [4.78, 5) is 12.8. The molecule has 1 heterocycles. The SMILES string of the molecule is Cc1occc1SC(C(=O)NN)c1ccccc1. The molecule has 0 saturated carbocycles. The number of nitrogens with two attached hydrogens (primary N) is 1. The molecule has 1 unspecified atom stereocenters. The van der Waals surface area contributed by atoms with Crippen molar-refractivity contribution in [1.29, 1.82) is 0 Å². The largest absolute Gasteiger partial charge is 0.468 e. The topological polar surface area (TPSA) is 68.3 Å². The van der Waals surface area contributed by atoms with Crippen LogP contribution in [0.3, 0.4) is 0 Å². The normalized spacial score (nSPS) is 12.1. The standard InChI is InChI=1S/C13H14N2O2S/c1-9-11(7-8-17-9)18-12(13(16)15-14)10-5-3-2-4-6-10/h2-8,12H,14H2,1H3,(H,15,16). The fraction of sp³-hybridized carbons (Fsp3) is 0.154. The molecule has 0 bridgehead atoms. The summed E-state index contributed by atoms with van der Waals surface area (Å²) in [6.07, 6.45) is 1.61. The van der Waals surface area contributed by atoms with Gasteiger partial charge in [0.15, 0.2) is 0 Å². The van der Waals surface area contributed by atoms with E-state index in [2.05, 4.69) is 5.43 Å². The predicted molar refractivity (Wildman–Crippen MR) is 70.8 cm³/mol. The lowest BCUT2D eigenvalue weighted by Gasteiger charge is -2.14. The zero-order chi connectivity index (χ0) is 13.0. The van der Waals surface area contributed by atoms with Crippen LogP contribution in [0.15, 0.2) is 52.0 Å². The van der Waals surface area contributed by atoms with Gasteiger partial charge >= 0.3 is 0 Å². The zero-order valence-corrected chi connectivity index (χ0v) is 10.7. The van der Waals surface area contributed by atoms with E-state index in [4.69, 9.17) is 10.3 Å². The van der Waals surface area contributed by atoms with Crippen LogP contribution in [0.1, 0.15) is 16.6 Å². The molecule has 0 fully saturated rings. The Bertz CT molecular complexity index is 525. The number of hydrazine groups is 1. The van der Waals surface area contributed by atoms with Crippen molar-refractivity contribution in [3.8, 4) is 0 Å². The summed E-state index contributed by atoms with van der Waals surface area (Å²) in [5, 5.41) is -0.382. The van der Waals surface area contributed by atoms with Gasteiger partial charge in [0.2, 0.25) is 0 Å². The molecule has 2 aromatic rings. The number of aryl methyl sites for hydroxylation is 1. The van der Waals surface area contributed by atoms with Crippen molar-refractivity contribution in [2.45, 2.75) is 17.1 Å². The molecule has 2 rings (SSSR count). The number of furan rings is 1. The molecule has 1 atom stereocenters. The molecule has 1 aromatic heterocycles. The first kappa shape index (κ1) is 12.7. The first-order valence-corrected chi connectivity index (χ1v) is 6.36. The summed E-state index contributed by atoms with van der Waals surface area (Å²) >= 11 is 1.42. The molecule has 0 aliphatic heterocycles. The molecule has 4 nitrogen and oxygen atoms in total. The maximum absolute atomic E-state index is 11.9. The first-order valence-electron chi connectivity index (χ1n) is 5.48. The van der Waals surface area contributed by atoms with Crippen molar-refractivity contribution >= 4 is 17.7 Å². The summed E-state index contributed by atoms with van der Waals surface area (Å²) in [5.74, 6) is 5.81. The number of rotatable bonds is 4. The van der Waals surface area contributed by atoms with Crippen molar-refractivity contribution in [2.75, 3.05) is 0 Å². The van der Waals surface area contributed by atoms with Crippen LogP contribution in [0.5, 0.6) is 0 Å². The van der Waals surface area contributed by atoms with Gasteiger partial charge in [0.1, 0.15) is 11.0 Å². The zero-order valence-electron chi connectivity index (χ0n) is 9.92. The minimum atomic E-state index is -0.382. The van der Waals surface area contributed by atoms with Crippen molar-refractivity contribution in [1.82, 2.24) is 5.43 Å². The minimum Gasteiger partial charge on any atom is -0.468 e. The van der Waals surface area contributed by atoms with Gasteiger partial charge in [0, 0.05) is 4.90 Å². The van der Waals surface area contributed by atoms with E-state index in [1.807, 2.05) is 43.3 Å². The maximum atomic E-state index is 11.9. The van der Waals surface area contributed by atoms with Crippen LogP contribution in [-0.2, 0) is 4.79 Å². The van der Waals surface area contributed by atoms with Gasteiger partial charge in [-0.25, -0.2) is 5.84 Å². The Hall–Kier alpha value is -1.72. The third-order valence-corrected chi connectivity index (χ3v) is 3.94. The molecule has 94 valence electrons. The second-order valence-corrected chi connectivity index (χ2v) is 4.91. The average molecular weight is 262 g/mol. The lowest BCUT2D eigenvalue weighted by atomic mass is 10.1. The second-order valence-electron chi connectivity index (χ2n) is 3.76. The number of benzene rings is 1. The highest BCUT2D eigenvalue weighted by molar-refractivity contribution is 8.00. The fourth-order valence-electron chi connectivity index (χ4n) is 1.60. The van der Waals surface area contributed by atoms with E-state index in [-0.39, 0.29) is 11.2 Å². The molecule has 5 heteroatoms. The van der Waals surface area contributed by atoms with Gasteiger partial charge in [-0.2, -0.15) is 0 Å². The summed E-state index contributed by atoms with van der Waals surface area (Å²) in [7, 11) is 0. The number of hydrogen-bond acceptors (Lipinski definition) is 4. The maximum Gasteiger partial charge on any atom is 0.251 e. The van der Waals surface area contributed by atoms with Crippen molar-refractivity contribution < 1.29 is 9.21 Å². The number of hydrogen-bond donors (Lipinski definition) is 2. The molecule has 0 saturated heterocycles. The van der Waals surface area contributed by atoms with Gasteiger partial charge in [0.05, 0.1) is 6.26 Å². The average Bonchev–Trinajstić information content (AvgIpc) is 2.81. The van der Waals surface area contributed by atoms with Crippen molar-refractivity contribution in [3.05, 3.63) is 54.0 Å². The molecular weight excluding hydrogens is 248 g/mol. The van der Waals surface area contributed by atoms with E-state index < -0.39 is 0 Å². The van der Waals surface area contributed by atoms with Crippen LogP contribution < -0.4 is 11.3 Å². The summed E-state index contributed by atoms with van der Waals surface area (Å²) in [6.45, 7) is 1.87. The Morgan fingerprint density at radius 2 is 2.06 bits per heavy atom. The summed E-state index contributed by atoms with van der Waals surface area (Å²) in [6, 6.07) is 11.4. The van der Waals surface area contributed by atoms with E-state index in [0.717, 1.165) is 16.2 Å². The highest BCUT2D eigenvalue weighted by Gasteiger charge is 2.22. The number of carbonyl (C=O) groups excluding carboxylic acids is 1. The van der Waals surface area contributed by atoms with Crippen LogP contribution in [0, 0.1) is 6.92 Å². The van der Waals surface area contributed by atoms with E-state index in [1.165, 1.54) is 11.8 Å². The van der Waals surface area contributed by atoms with Gasteiger partial charge in [-0.15, -0.1) is 11.8 Å². The second kappa shape index (κ2) is 5.75. The smallest absolute Gasteiger partial charge is 0.251 e. The van der Waals surface area contributed by atoms with Crippen molar-refractivity contribution in [2.24, 2.45) is 5.84 Å². The lowest BCUT2D eigenvalue weighted by Crippen LogP contribution is -2.33. The van der Waals surface area contributed by atoms with Gasteiger partial charge in [-0.05, 0) is 18.6 Å². The Morgan fingerprint density at radius 3 is 2.61 bits per heavy atom. The molecular formula is C13H14N2O2S. The van der Waals surface area contributed by atoms with E-state index in [1.54, 1.807) is 6.26 Å². The van der Waals surface area contributed by atoms with Crippen LogP contribution in [0.25, 0.3) is 0 Å². The van der Waals surface area contributed by atoms with Crippen LogP contribution in [-0.4, -0.2) is 5.91 Å². The molecule has 1 aromatic carbocycles. The van der Waals surface area contributed by atoms with Gasteiger partial charge in [0.25, 0.3) is 5.91 Å². The minimum absolute atomic E-state index is 0.230. The summed E-state index contributed by atoms with van der Waals surface area (Å²) < 4.78 is 5.23. The number of thioether (sulfide) groups is 1. The van der Waals surface area contributed by atoms with E-state index in [0.29, 0.717) is 0 Å². The number of amides is 1. The number of carbonyl (C=O) groups is 1. The third-order valence-electron chi connectivity index (χ3n) is 2.54. The van der Waals surface area contributed by atoms with Gasteiger partial charge < -0.3 is 4.42 Å². The van der Waals surface area contributed by atoms with Gasteiger partial charge in [-0.3, -0.25) is 10.2 Å². The monoisotopic (exact) mass is 262 g/mol. The predicted octanol–water partition coefficient (Wildman–Crippen LogP) is 2.41. The van der Waals surface area contributed by atoms with E-state index in [9.17, 15) is 4.79 Å². The highest BCUT2D eigenvalue weighted by atomic mass is 32.2. The van der Waals surface area contributed by atoms with Crippen molar-refractivity contribution in [3.63, 3.8) is 0 Å². The van der Waals surface area contributed by atoms with Crippen LogP contribution in [0.2, 0.25) is 0 Å². The molecule has 0 radical (unpaired) electrons. The lowest BCUT2D eigenvalue weighted by molar-refractivity contribution is -0.120. The Labute approximate surface area is 110 Å². The quantitative estimate of drug-likeness (QED) is 0.384. The molecule has 0 spiro atoms. The van der Waals surface area contributed by atoms with Crippen LogP contribution in [0.4, 0.5) is 0 Å². The molecule has 0 aliphatic carbocycles. The Balaban J connectivity index is 2.27. The van der Waals surface area contributed by atoms with Gasteiger partial charge in [-0.1, -0.05) is 30.3 Å². The highest BCUT2D eigenvalue weighted by Crippen LogP contribution is 2.37. The third kappa shape index (κ3) is 2.75. The summed E-state index contributed by atoms with van der Waals surface area (Å²) in [5.41, 5.74) is 3.11. The number of nitrogens with one attached hydrogen (secondary N) is 1.